The standard InChI is InChI=1S/C9H21BNPS/c1-7(2)9-5-13(10,12)6-11(9)8(3)4/h7-9H,5-6,12H2,1-4H3. The van der Waals surface area contributed by atoms with E-state index in [0.29, 0.717) is 12.1 Å². The Balaban J connectivity index is 2.71. The van der Waals surface area contributed by atoms with Gasteiger partial charge in [0.05, 0.1) is 0 Å². The van der Waals surface area contributed by atoms with E-state index < -0.39 is 9.50 Å². The van der Waals surface area contributed by atoms with Crippen molar-refractivity contribution in [3.63, 3.8) is 0 Å². The van der Waals surface area contributed by atoms with Gasteiger partial charge in [-0.3, -0.25) is 14.4 Å². The first-order valence-electron chi connectivity index (χ1n) is 4.93. The quantitative estimate of drug-likeness (QED) is 0.507. The Kier molecular flexibility index (Phi) is 3.77. The third-order valence-electron chi connectivity index (χ3n) is 2.73. The lowest BCUT2D eigenvalue weighted by Crippen LogP contribution is -2.39. The van der Waals surface area contributed by atoms with Crippen LogP contribution in [0.3, 0.4) is 0 Å². The summed E-state index contributed by atoms with van der Waals surface area (Å²) in [6.07, 6.45) is 0. The van der Waals surface area contributed by atoms with Gasteiger partial charge >= 0.3 is 0 Å². The largest absolute Gasteiger partial charge is 0.290 e. The van der Waals surface area contributed by atoms with Crippen molar-refractivity contribution < 1.29 is 0 Å². The van der Waals surface area contributed by atoms with Crippen LogP contribution in [0.5, 0.6) is 0 Å². The van der Waals surface area contributed by atoms with E-state index in [-0.39, 0.29) is 0 Å². The molecule has 1 rings (SSSR count). The highest BCUT2D eigenvalue weighted by molar-refractivity contribution is 8.80. The van der Waals surface area contributed by atoms with Crippen molar-refractivity contribution in [2.45, 2.75) is 39.8 Å². The average Bonchev–Trinajstić information content (AvgIpc) is 2.26. The monoisotopic (exact) mass is 217 g/mol. The minimum absolute atomic E-state index is 0.630. The molecule has 0 aromatic carbocycles. The van der Waals surface area contributed by atoms with Gasteiger partial charge in [-0.05, 0) is 25.5 Å². The molecule has 3 atom stereocenters. The van der Waals surface area contributed by atoms with Crippen LogP contribution in [-0.2, 0) is 0 Å². The number of nitrogens with zero attached hydrogens (tertiary/aromatic N) is 1. The Morgan fingerprint density at radius 2 is 1.92 bits per heavy atom. The molecule has 0 aromatic rings. The molecule has 0 aliphatic carbocycles. The molecule has 4 heteroatoms. The summed E-state index contributed by atoms with van der Waals surface area (Å²) in [5, 5.41) is 0. The molecule has 76 valence electrons. The second-order valence-electron chi connectivity index (χ2n) is 4.72. The minimum atomic E-state index is -0.892. The van der Waals surface area contributed by atoms with E-state index in [9.17, 15) is 0 Å². The molecule has 1 fully saturated rings. The van der Waals surface area contributed by atoms with Crippen molar-refractivity contribution in [3.8, 4) is 0 Å². The first-order chi connectivity index (χ1) is 5.83. The molecular weight excluding hydrogens is 196 g/mol. The van der Waals surface area contributed by atoms with Gasteiger partial charge in [0, 0.05) is 18.0 Å². The first-order valence-corrected chi connectivity index (χ1v) is 8.44. The molecule has 2 radical (unpaired) electrons. The van der Waals surface area contributed by atoms with Crippen molar-refractivity contribution in [2.24, 2.45) is 5.92 Å². The zero-order valence-corrected chi connectivity index (χ0v) is 11.1. The van der Waals surface area contributed by atoms with E-state index in [0.717, 1.165) is 11.8 Å². The molecule has 0 amide bonds. The number of rotatable bonds is 2. The highest BCUT2D eigenvalue weighted by atomic mass is 32.8. The molecule has 1 saturated heterocycles. The molecule has 0 N–H and O–H groups in total. The fourth-order valence-corrected chi connectivity index (χ4v) is 5.42. The fourth-order valence-electron chi connectivity index (χ4n) is 1.95. The minimum Gasteiger partial charge on any atom is -0.290 e. The lowest BCUT2D eigenvalue weighted by Gasteiger charge is -2.30. The third kappa shape index (κ3) is 2.87. The van der Waals surface area contributed by atoms with E-state index in [2.05, 4.69) is 41.0 Å². The Bertz CT molecular complexity index is 166. The molecule has 13 heavy (non-hydrogen) atoms. The van der Waals surface area contributed by atoms with Gasteiger partial charge in [0.1, 0.15) is 7.12 Å². The summed E-state index contributed by atoms with van der Waals surface area (Å²) < 4.78 is 0. The Morgan fingerprint density at radius 3 is 2.23 bits per heavy atom. The molecule has 1 nitrogen and oxygen atoms in total. The lowest BCUT2D eigenvalue weighted by atomic mass is 10.0. The van der Waals surface area contributed by atoms with E-state index in [4.69, 9.17) is 7.12 Å². The van der Waals surface area contributed by atoms with Crippen LogP contribution in [0.4, 0.5) is 0 Å². The van der Waals surface area contributed by atoms with Crippen molar-refractivity contribution in [1.82, 2.24) is 4.90 Å². The maximum absolute atomic E-state index is 6.24. The van der Waals surface area contributed by atoms with Gasteiger partial charge in [0.15, 0.2) is 0 Å². The molecule has 0 saturated carbocycles. The van der Waals surface area contributed by atoms with Crippen LogP contribution in [-0.4, -0.2) is 35.7 Å². The molecule has 0 spiro atoms. The van der Waals surface area contributed by atoms with Crippen LogP contribution in [0.2, 0.25) is 0 Å². The Hall–Kier alpha value is 0.805. The number of hydrogen-bond acceptors (Lipinski definition) is 1. The summed E-state index contributed by atoms with van der Waals surface area (Å²) in [7, 11) is 8.23. The van der Waals surface area contributed by atoms with Crippen molar-refractivity contribution in [1.29, 1.82) is 0 Å². The number of hydrogen-bond donors (Lipinski definition) is 0. The van der Waals surface area contributed by atoms with Crippen LogP contribution >= 0.6 is 17.9 Å². The van der Waals surface area contributed by atoms with Crippen LogP contribution in [0.15, 0.2) is 0 Å². The van der Waals surface area contributed by atoms with Gasteiger partial charge in [-0.25, -0.2) is 0 Å². The fraction of sp³-hybridized carbons (Fsp3) is 1.00. The van der Waals surface area contributed by atoms with Crippen molar-refractivity contribution in [2.75, 3.05) is 11.6 Å². The van der Waals surface area contributed by atoms with Crippen molar-refractivity contribution in [3.05, 3.63) is 0 Å². The van der Waals surface area contributed by atoms with E-state index in [1.54, 1.807) is 0 Å². The molecule has 0 aromatic heterocycles. The Labute approximate surface area is 87.6 Å². The summed E-state index contributed by atoms with van der Waals surface area (Å²) >= 11 is 0. The van der Waals surface area contributed by atoms with Crippen LogP contribution < -0.4 is 0 Å². The maximum atomic E-state index is 6.24. The SMILES string of the molecule is [B]S1(P)CC(C(C)C)N(C(C)C)C1. The van der Waals surface area contributed by atoms with Gasteiger partial charge in [-0.15, -0.1) is 8.44 Å². The predicted octanol–water partition coefficient (Wildman–Crippen LogP) is 2.37. The topological polar surface area (TPSA) is 3.24 Å². The highest BCUT2D eigenvalue weighted by Gasteiger charge is 2.36. The van der Waals surface area contributed by atoms with E-state index in [1.165, 1.54) is 5.75 Å². The predicted molar refractivity (Wildman–Crippen MR) is 68.4 cm³/mol. The zero-order chi connectivity index (χ0) is 10.2. The van der Waals surface area contributed by atoms with Gasteiger partial charge in [0.25, 0.3) is 0 Å². The zero-order valence-electron chi connectivity index (χ0n) is 9.16. The van der Waals surface area contributed by atoms with Gasteiger partial charge in [-0.2, -0.15) is 0 Å². The molecule has 1 aliphatic heterocycles. The average molecular weight is 217 g/mol. The summed E-state index contributed by atoms with van der Waals surface area (Å²) in [4.78, 5) is 2.56. The molecule has 0 bridgehead atoms. The molecular formula is C9H21BNPS. The highest BCUT2D eigenvalue weighted by Crippen LogP contribution is 2.58. The summed E-state index contributed by atoms with van der Waals surface area (Å²) in [6, 6.07) is 1.32. The van der Waals surface area contributed by atoms with E-state index >= 15 is 0 Å². The lowest BCUT2D eigenvalue weighted by molar-refractivity contribution is 0.175. The third-order valence-corrected chi connectivity index (χ3v) is 5.49. The smallest absolute Gasteiger partial charge is 0.144 e. The molecule has 3 unspecified atom stereocenters. The van der Waals surface area contributed by atoms with Gasteiger partial charge < -0.3 is 0 Å². The second kappa shape index (κ2) is 4.12. The molecule has 1 aliphatic rings. The van der Waals surface area contributed by atoms with Crippen LogP contribution in [0, 0.1) is 5.92 Å². The first kappa shape index (κ1) is 11.9. The van der Waals surface area contributed by atoms with Crippen LogP contribution in [0.25, 0.3) is 0 Å². The van der Waals surface area contributed by atoms with Crippen LogP contribution in [0.1, 0.15) is 27.7 Å². The van der Waals surface area contributed by atoms with Gasteiger partial charge in [0.2, 0.25) is 0 Å². The van der Waals surface area contributed by atoms with Gasteiger partial charge in [-0.1, -0.05) is 13.8 Å². The second-order valence-corrected chi connectivity index (χ2v) is 10.1. The van der Waals surface area contributed by atoms with E-state index in [1.807, 2.05) is 0 Å². The van der Waals surface area contributed by atoms with Crippen molar-refractivity contribution >= 4 is 25.1 Å². The summed E-state index contributed by atoms with van der Waals surface area (Å²) in [6.45, 7) is 9.12. The molecule has 1 heterocycles. The normalized spacial score (nSPS) is 41.3. The Morgan fingerprint density at radius 1 is 1.38 bits per heavy atom. The summed E-state index contributed by atoms with van der Waals surface area (Å²) in [5.41, 5.74) is 0. The maximum Gasteiger partial charge on any atom is 0.144 e. The summed E-state index contributed by atoms with van der Waals surface area (Å²) in [5.74, 6) is 3.01.